The summed E-state index contributed by atoms with van der Waals surface area (Å²) < 4.78 is 0. The lowest BCUT2D eigenvalue weighted by Gasteiger charge is -2.31. The van der Waals surface area contributed by atoms with Gasteiger partial charge in [-0.05, 0) is 12.8 Å². The molecule has 1 N–H and O–H groups in total. The standard InChI is InChI=1S/C12H22N2O3/c1-13(8-9-15)11(16)12(17)14(2)10-6-4-3-5-7-10/h10,15H,3-9H2,1-2H3. The third-order valence-corrected chi connectivity index (χ3v) is 3.41. The summed E-state index contributed by atoms with van der Waals surface area (Å²) in [5.74, 6) is -1.00. The summed E-state index contributed by atoms with van der Waals surface area (Å²) in [6.07, 6.45) is 5.45. The second-order valence-corrected chi connectivity index (χ2v) is 4.66. The van der Waals surface area contributed by atoms with Crippen LogP contribution in [-0.2, 0) is 9.59 Å². The van der Waals surface area contributed by atoms with Crippen molar-refractivity contribution in [1.29, 1.82) is 0 Å². The van der Waals surface area contributed by atoms with Crippen molar-refractivity contribution in [1.82, 2.24) is 9.80 Å². The van der Waals surface area contributed by atoms with Crippen LogP contribution in [0.5, 0.6) is 0 Å². The zero-order valence-corrected chi connectivity index (χ0v) is 10.7. The van der Waals surface area contributed by atoms with E-state index < -0.39 is 11.8 Å². The first-order valence-electron chi connectivity index (χ1n) is 6.21. The molecular weight excluding hydrogens is 220 g/mol. The van der Waals surface area contributed by atoms with Crippen molar-refractivity contribution in [3.63, 3.8) is 0 Å². The first-order chi connectivity index (χ1) is 8.07. The number of carbonyl (C=O) groups excluding carboxylic acids is 2. The molecule has 1 rings (SSSR count). The highest BCUT2D eigenvalue weighted by Gasteiger charge is 2.28. The Morgan fingerprint density at radius 2 is 1.71 bits per heavy atom. The molecule has 17 heavy (non-hydrogen) atoms. The normalized spacial score (nSPS) is 16.6. The van der Waals surface area contributed by atoms with Crippen LogP contribution in [0, 0.1) is 0 Å². The second-order valence-electron chi connectivity index (χ2n) is 4.66. The van der Waals surface area contributed by atoms with Crippen LogP contribution < -0.4 is 0 Å². The number of nitrogens with zero attached hydrogens (tertiary/aromatic N) is 2. The zero-order chi connectivity index (χ0) is 12.8. The molecule has 5 nitrogen and oxygen atoms in total. The lowest BCUT2D eigenvalue weighted by molar-refractivity contribution is -0.152. The smallest absolute Gasteiger partial charge is 0.312 e. The van der Waals surface area contributed by atoms with Gasteiger partial charge in [-0.2, -0.15) is 0 Å². The van der Waals surface area contributed by atoms with E-state index in [1.165, 1.54) is 18.4 Å². The molecule has 0 aromatic carbocycles. The fourth-order valence-corrected chi connectivity index (χ4v) is 2.20. The molecule has 1 saturated carbocycles. The molecule has 1 aliphatic carbocycles. The minimum absolute atomic E-state index is 0.122. The maximum Gasteiger partial charge on any atom is 0.312 e. The highest BCUT2D eigenvalue weighted by atomic mass is 16.3. The largest absolute Gasteiger partial charge is 0.395 e. The Labute approximate surface area is 102 Å². The van der Waals surface area contributed by atoms with Gasteiger partial charge in [0.15, 0.2) is 0 Å². The second kappa shape index (κ2) is 6.59. The maximum absolute atomic E-state index is 11.9. The SMILES string of the molecule is CN(CCO)C(=O)C(=O)N(C)C1CCCCC1. The topological polar surface area (TPSA) is 60.9 Å². The van der Waals surface area contributed by atoms with Crippen LogP contribution in [0.25, 0.3) is 0 Å². The van der Waals surface area contributed by atoms with Gasteiger partial charge in [0.25, 0.3) is 0 Å². The van der Waals surface area contributed by atoms with E-state index in [9.17, 15) is 9.59 Å². The quantitative estimate of drug-likeness (QED) is 0.721. The molecule has 0 atom stereocenters. The Hall–Kier alpha value is -1.10. The molecular formula is C12H22N2O3. The molecule has 0 radical (unpaired) electrons. The Morgan fingerprint density at radius 3 is 2.24 bits per heavy atom. The molecule has 1 aliphatic rings. The Bertz CT molecular complexity index is 275. The van der Waals surface area contributed by atoms with Gasteiger partial charge < -0.3 is 14.9 Å². The van der Waals surface area contributed by atoms with Gasteiger partial charge in [-0.15, -0.1) is 0 Å². The average Bonchev–Trinajstić information content (AvgIpc) is 2.37. The summed E-state index contributed by atoms with van der Waals surface area (Å²) in [6.45, 7) is 0.0751. The van der Waals surface area contributed by atoms with Gasteiger partial charge in [-0.1, -0.05) is 19.3 Å². The number of aliphatic hydroxyl groups excluding tert-OH is 1. The van der Waals surface area contributed by atoms with Crippen LogP contribution in [0.1, 0.15) is 32.1 Å². The minimum Gasteiger partial charge on any atom is -0.395 e. The Morgan fingerprint density at radius 1 is 1.12 bits per heavy atom. The highest BCUT2D eigenvalue weighted by Crippen LogP contribution is 2.21. The van der Waals surface area contributed by atoms with E-state index in [0.29, 0.717) is 0 Å². The van der Waals surface area contributed by atoms with Gasteiger partial charge in [-0.25, -0.2) is 0 Å². The molecule has 0 unspecified atom stereocenters. The van der Waals surface area contributed by atoms with Crippen molar-refractivity contribution in [2.24, 2.45) is 0 Å². The van der Waals surface area contributed by atoms with E-state index in [2.05, 4.69) is 0 Å². The van der Waals surface area contributed by atoms with Crippen LogP contribution in [0.3, 0.4) is 0 Å². The summed E-state index contributed by atoms with van der Waals surface area (Å²) in [6, 6.07) is 0.197. The van der Waals surface area contributed by atoms with Crippen molar-refractivity contribution >= 4 is 11.8 Å². The number of aliphatic hydroxyl groups is 1. The van der Waals surface area contributed by atoms with Gasteiger partial charge in [-0.3, -0.25) is 9.59 Å². The molecule has 98 valence electrons. The molecule has 0 aromatic rings. The summed E-state index contributed by atoms with van der Waals surface area (Å²) in [5, 5.41) is 8.74. The monoisotopic (exact) mass is 242 g/mol. The summed E-state index contributed by atoms with van der Waals surface area (Å²) >= 11 is 0. The molecule has 0 heterocycles. The van der Waals surface area contributed by atoms with Crippen LogP contribution in [0.15, 0.2) is 0 Å². The number of likely N-dealkylation sites (N-methyl/N-ethyl adjacent to an activating group) is 2. The molecule has 0 spiro atoms. The summed E-state index contributed by atoms with van der Waals surface area (Å²) in [4.78, 5) is 26.5. The van der Waals surface area contributed by atoms with Gasteiger partial charge in [0.1, 0.15) is 0 Å². The molecule has 0 aromatic heterocycles. The van der Waals surface area contributed by atoms with E-state index in [0.717, 1.165) is 25.7 Å². The third kappa shape index (κ3) is 3.70. The van der Waals surface area contributed by atoms with Crippen LogP contribution in [0.4, 0.5) is 0 Å². The molecule has 1 fully saturated rings. The van der Waals surface area contributed by atoms with Gasteiger partial charge in [0.05, 0.1) is 6.61 Å². The molecule has 0 saturated heterocycles. The molecule has 0 aliphatic heterocycles. The fraction of sp³-hybridized carbons (Fsp3) is 0.833. The number of carbonyl (C=O) groups is 2. The van der Waals surface area contributed by atoms with Gasteiger partial charge in [0.2, 0.25) is 0 Å². The maximum atomic E-state index is 11.9. The van der Waals surface area contributed by atoms with Gasteiger partial charge in [0, 0.05) is 26.7 Å². The van der Waals surface area contributed by atoms with Crippen LogP contribution in [0.2, 0.25) is 0 Å². The Balaban J connectivity index is 2.52. The van der Waals surface area contributed by atoms with Crippen molar-refractivity contribution in [3.05, 3.63) is 0 Å². The average molecular weight is 242 g/mol. The fourth-order valence-electron chi connectivity index (χ4n) is 2.20. The number of rotatable bonds is 3. The highest BCUT2D eigenvalue weighted by molar-refractivity contribution is 6.34. The zero-order valence-electron chi connectivity index (χ0n) is 10.7. The first-order valence-corrected chi connectivity index (χ1v) is 6.21. The van der Waals surface area contributed by atoms with Crippen LogP contribution >= 0.6 is 0 Å². The Kier molecular flexibility index (Phi) is 5.41. The van der Waals surface area contributed by atoms with Crippen molar-refractivity contribution < 1.29 is 14.7 Å². The lowest BCUT2D eigenvalue weighted by Crippen LogP contribution is -2.47. The molecule has 5 heteroatoms. The number of hydrogen-bond donors (Lipinski definition) is 1. The van der Waals surface area contributed by atoms with E-state index in [1.807, 2.05) is 0 Å². The van der Waals surface area contributed by atoms with Crippen molar-refractivity contribution in [2.45, 2.75) is 38.1 Å². The van der Waals surface area contributed by atoms with Gasteiger partial charge >= 0.3 is 11.8 Å². The van der Waals surface area contributed by atoms with Crippen molar-refractivity contribution in [2.75, 3.05) is 27.2 Å². The van der Waals surface area contributed by atoms with E-state index in [-0.39, 0.29) is 19.2 Å². The molecule has 2 amide bonds. The first kappa shape index (κ1) is 14.0. The summed E-state index contributed by atoms with van der Waals surface area (Å²) in [7, 11) is 3.23. The predicted octanol–water partition coefficient (Wildman–Crippen LogP) is 0.228. The summed E-state index contributed by atoms with van der Waals surface area (Å²) in [5.41, 5.74) is 0. The third-order valence-electron chi connectivity index (χ3n) is 3.41. The van der Waals surface area contributed by atoms with E-state index >= 15 is 0 Å². The molecule has 0 bridgehead atoms. The lowest BCUT2D eigenvalue weighted by atomic mass is 9.94. The van der Waals surface area contributed by atoms with E-state index in [1.54, 1.807) is 11.9 Å². The van der Waals surface area contributed by atoms with Crippen molar-refractivity contribution in [3.8, 4) is 0 Å². The van der Waals surface area contributed by atoms with E-state index in [4.69, 9.17) is 5.11 Å². The number of amides is 2. The van der Waals surface area contributed by atoms with Crippen LogP contribution in [-0.4, -0.2) is 60.0 Å². The number of hydrogen-bond acceptors (Lipinski definition) is 3. The minimum atomic E-state index is -0.535. The predicted molar refractivity (Wildman–Crippen MR) is 64.4 cm³/mol.